The van der Waals surface area contributed by atoms with Crippen LogP contribution in [0.3, 0.4) is 0 Å². The number of hydrogen-bond donors (Lipinski definition) is 1. The molecule has 1 aromatic heterocycles. The van der Waals surface area contributed by atoms with Crippen LogP contribution in [-0.2, 0) is 11.2 Å². The predicted molar refractivity (Wildman–Crippen MR) is 51.2 cm³/mol. The zero-order valence-corrected chi connectivity index (χ0v) is 8.00. The molecule has 0 bridgehead atoms. The fourth-order valence-electron chi connectivity index (χ4n) is 1.35. The summed E-state index contributed by atoms with van der Waals surface area (Å²) >= 11 is 0. The predicted octanol–water partition coefficient (Wildman–Crippen LogP) is 1.12. The third-order valence-corrected chi connectivity index (χ3v) is 2.13. The molecule has 1 heterocycles. The van der Waals surface area contributed by atoms with E-state index in [9.17, 15) is 4.79 Å². The van der Waals surface area contributed by atoms with E-state index >= 15 is 0 Å². The van der Waals surface area contributed by atoms with Crippen LogP contribution in [0, 0.1) is 13.8 Å². The molecule has 0 unspecified atom stereocenters. The number of rotatable bonds is 3. The lowest BCUT2D eigenvalue weighted by atomic mass is 10.0. The molecule has 2 N–H and O–H groups in total. The fourth-order valence-corrected chi connectivity index (χ4v) is 1.35. The second-order valence-corrected chi connectivity index (χ2v) is 3.16. The number of hydrogen-bond acceptors (Lipinski definition) is 2. The first kappa shape index (κ1) is 9.71. The number of carbonyl (C=O) groups is 1. The Morgan fingerprint density at radius 3 is 2.77 bits per heavy atom. The number of primary amides is 1. The maximum atomic E-state index is 10.6. The number of amides is 1. The molecule has 70 valence electrons. The first-order valence-electron chi connectivity index (χ1n) is 4.30. The van der Waals surface area contributed by atoms with Crippen molar-refractivity contribution in [3.63, 3.8) is 0 Å². The third-order valence-electron chi connectivity index (χ3n) is 2.13. The van der Waals surface area contributed by atoms with Crippen molar-refractivity contribution in [3.8, 4) is 0 Å². The molecule has 1 amide bonds. The van der Waals surface area contributed by atoms with Crippen molar-refractivity contribution >= 4 is 5.91 Å². The maximum Gasteiger partial charge on any atom is 0.217 e. The Balaban J connectivity index is 2.81. The molecule has 13 heavy (non-hydrogen) atoms. The quantitative estimate of drug-likeness (QED) is 0.754. The minimum absolute atomic E-state index is 0.261. The van der Waals surface area contributed by atoms with Crippen molar-refractivity contribution in [2.24, 2.45) is 5.73 Å². The van der Waals surface area contributed by atoms with Gasteiger partial charge >= 0.3 is 0 Å². The second kappa shape index (κ2) is 4.03. The van der Waals surface area contributed by atoms with Gasteiger partial charge in [0.25, 0.3) is 0 Å². The van der Waals surface area contributed by atoms with Crippen LogP contribution in [0.2, 0.25) is 0 Å². The molecule has 0 aliphatic heterocycles. The highest BCUT2D eigenvalue weighted by atomic mass is 16.1. The van der Waals surface area contributed by atoms with Gasteiger partial charge in [-0.25, -0.2) is 0 Å². The van der Waals surface area contributed by atoms with Gasteiger partial charge in [0.2, 0.25) is 5.91 Å². The molecule has 1 aromatic rings. The number of nitrogens with zero attached hydrogens (tertiary/aromatic N) is 1. The lowest BCUT2D eigenvalue weighted by Gasteiger charge is -2.06. The van der Waals surface area contributed by atoms with Crippen molar-refractivity contribution in [2.45, 2.75) is 26.7 Å². The van der Waals surface area contributed by atoms with Gasteiger partial charge in [-0.15, -0.1) is 0 Å². The lowest BCUT2D eigenvalue weighted by molar-refractivity contribution is -0.117. The molecule has 0 aromatic carbocycles. The van der Waals surface area contributed by atoms with E-state index in [4.69, 9.17) is 5.73 Å². The largest absolute Gasteiger partial charge is 0.370 e. The Hall–Kier alpha value is -1.38. The summed E-state index contributed by atoms with van der Waals surface area (Å²) in [6.07, 6.45) is 2.87. The van der Waals surface area contributed by atoms with Gasteiger partial charge in [0.1, 0.15) is 0 Å². The van der Waals surface area contributed by atoms with Crippen molar-refractivity contribution in [3.05, 3.63) is 29.1 Å². The van der Waals surface area contributed by atoms with Crippen molar-refractivity contribution < 1.29 is 4.79 Å². The lowest BCUT2D eigenvalue weighted by Crippen LogP contribution is -2.12. The van der Waals surface area contributed by atoms with Gasteiger partial charge in [0.15, 0.2) is 0 Å². The number of aromatic nitrogens is 1. The molecule has 0 atom stereocenters. The monoisotopic (exact) mass is 178 g/mol. The minimum Gasteiger partial charge on any atom is -0.370 e. The molecule has 0 fully saturated rings. The van der Waals surface area contributed by atoms with Crippen LogP contribution < -0.4 is 5.73 Å². The molecule has 0 saturated carbocycles. The number of carbonyl (C=O) groups excluding carboxylic acids is 1. The topological polar surface area (TPSA) is 56.0 Å². The van der Waals surface area contributed by atoms with E-state index in [-0.39, 0.29) is 5.91 Å². The van der Waals surface area contributed by atoms with Gasteiger partial charge < -0.3 is 5.73 Å². The van der Waals surface area contributed by atoms with Crippen LogP contribution >= 0.6 is 0 Å². The highest BCUT2D eigenvalue weighted by molar-refractivity contribution is 5.74. The Labute approximate surface area is 78.0 Å². The van der Waals surface area contributed by atoms with Crippen LogP contribution in [0.1, 0.15) is 23.2 Å². The van der Waals surface area contributed by atoms with Gasteiger partial charge in [-0.1, -0.05) is 0 Å². The molecule has 0 aliphatic carbocycles. The molecular formula is C10H14N2O. The highest BCUT2D eigenvalue weighted by Crippen LogP contribution is 2.12. The molecular weight excluding hydrogens is 164 g/mol. The summed E-state index contributed by atoms with van der Waals surface area (Å²) in [7, 11) is 0. The van der Waals surface area contributed by atoms with Gasteiger partial charge in [0.05, 0.1) is 0 Å². The Morgan fingerprint density at radius 1 is 1.54 bits per heavy atom. The number of nitrogens with two attached hydrogens (primary N) is 1. The summed E-state index contributed by atoms with van der Waals surface area (Å²) in [5.74, 6) is -0.261. The van der Waals surface area contributed by atoms with Gasteiger partial charge in [0, 0.05) is 18.3 Å². The maximum absolute atomic E-state index is 10.6. The molecule has 0 saturated heterocycles. The Bertz CT molecular complexity index is 300. The number of aryl methyl sites for hydroxylation is 2. The summed E-state index contributed by atoms with van der Waals surface area (Å²) in [6, 6.07) is 1.95. The standard InChI is InChI=1S/C10H14N2O/c1-7-5-6-12-8(2)9(7)3-4-10(11)13/h5-6H,3-4H2,1-2H3,(H2,11,13). The molecule has 0 radical (unpaired) electrons. The first-order chi connectivity index (χ1) is 6.11. The summed E-state index contributed by atoms with van der Waals surface area (Å²) in [6.45, 7) is 3.97. The molecule has 3 nitrogen and oxygen atoms in total. The van der Waals surface area contributed by atoms with E-state index in [0.717, 1.165) is 11.3 Å². The van der Waals surface area contributed by atoms with Crippen molar-refractivity contribution in [1.29, 1.82) is 0 Å². The van der Waals surface area contributed by atoms with E-state index in [1.54, 1.807) is 6.20 Å². The zero-order chi connectivity index (χ0) is 9.84. The van der Waals surface area contributed by atoms with Crippen LogP contribution in [0.5, 0.6) is 0 Å². The van der Waals surface area contributed by atoms with Gasteiger partial charge in [-0.3, -0.25) is 9.78 Å². The summed E-state index contributed by atoms with van der Waals surface area (Å²) in [5.41, 5.74) is 8.38. The average molecular weight is 178 g/mol. The van der Waals surface area contributed by atoms with Crippen molar-refractivity contribution in [2.75, 3.05) is 0 Å². The van der Waals surface area contributed by atoms with Crippen molar-refractivity contribution in [1.82, 2.24) is 4.98 Å². The summed E-state index contributed by atoms with van der Waals surface area (Å²) in [4.78, 5) is 14.8. The average Bonchev–Trinajstić information content (AvgIpc) is 2.03. The van der Waals surface area contributed by atoms with Gasteiger partial charge in [-0.2, -0.15) is 0 Å². The third kappa shape index (κ3) is 2.54. The summed E-state index contributed by atoms with van der Waals surface area (Å²) in [5, 5.41) is 0. The first-order valence-corrected chi connectivity index (χ1v) is 4.30. The Morgan fingerprint density at radius 2 is 2.23 bits per heavy atom. The zero-order valence-electron chi connectivity index (χ0n) is 8.00. The smallest absolute Gasteiger partial charge is 0.217 e. The SMILES string of the molecule is Cc1ccnc(C)c1CCC(N)=O. The molecule has 0 aliphatic rings. The fraction of sp³-hybridized carbons (Fsp3) is 0.400. The van der Waals surface area contributed by atoms with Crippen LogP contribution in [-0.4, -0.2) is 10.9 Å². The van der Waals surface area contributed by atoms with E-state index in [1.807, 2.05) is 19.9 Å². The second-order valence-electron chi connectivity index (χ2n) is 3.16. The van der Waals surface area contributed by atoms with E-state index in [1.165, 1.54) is 5.56 Å². The number of pyridine rings is 1. The molecule has 3 heteroatoms. The van der Waals surface area contributed by atoms with E-state index < -0.39 is 0 Å². The normalized spacial score (nSPS) is 10.0. The van der Waals surface area contributed by atoms with Crippen LogP contribution in [0.25, 0.3) is 0 Å². The molecule has 0 spiro atoms. The van der Waals surface area contributed by atoms with Crippen LogP contribution in [0.4, 0.5) is 0 Å². The minimum atomic E-state index is -0.261. The van der Waals surface area contributed by atoms with E-state index in [0.29, 0.717) is 12.8 Å². The van der Waals surface area contributed by atoms with Crippen LogP contribution in [0.15, 0.2) is 12.3 Å². The Kier molecular flexibility index (Phi) is 3.01. The van der Waals surface area contributed by atoms with E-state index in [2.05, 4.69) is 4.98 Å². The summed E-state index contributed by atoms with van der Waals surface area (Å²) < 4.78 is 0. The highest BCUT2D eigenvalue weighted by Gasteiger charge is 2.04. The molecule has 1 rings (SSSR count). The van der Waals surface area contributed by atoms with Gasteiger partial charge in [-0.05, 0) is 37.5 Å².